The van der Waals surface area contributed by atoms with Crippen molar-refractivity contribution >= 4 is 11.8 Å². The van der Waals surface area contributed by atoms with Gasteiger partial charge in [-0.2, -0.15) is 0 Å². The maximum absolute atomic E-state index is 12.5. The van der Waals surface area contributed by atoms with E-state index >= 15 is 0 Å². The van der Waals surface area contributed by atoms with E-state index in [1.165, 1.54) is 6.92 Å². The first-order chi connectivity index (χ1) is 22.4. The molecule has 9 heteroatoms. The molecule has 5 rings (SSSR count). The van der Waals surface area contributed by atoms with Crippen molar-refractivity contribution in [2.45, 2.75) is 83.2 Å². The first kappa shape index (κ1) is 33.8. The molecule has 0 aliphatic carbocycles. The molecule has 246 valence electrons. The van der Waals surface area contributed by atoms with Gasteiger partial charge in [-0.25, -0.2) is 0 Å². The highest BCUT2D eigenvalue weighted by atomic mass is 16.7. The molecule has 2 fully saturated rings. The molecule has 0 unspecified atom stereocenters. The maximum atomic E-state index is 12.5. The van der Waals surface area contributed by atoms with Crippen LogP contribution in [0.15, 0.2) is 72.8 Å². The minimum Gasteiger partial charge on any atom is -0.392 e. The first-order valence-electron chi connectivity index (χ1n) is 16.5. The predicted molar refractivity (Wildman–Crippen MR) is 176 cm³/mol. The van der Waals surface area contributed by atoms with Crippen molar-refractivity contribution in [2.24, 2.45) is 0 Å². The van der Waals surface area contributed by atoms with Gasteiger partial charge in [0, 0.05) is 58.1 Å². The van der Waals surface area contributed by atoms with E-state index in [-0.39, 0.29) is 36.7 Å². The molecule has 2 amide bonds. The van der Waals surface area contributed by atoms with E-state index < -0.39 is 6.29 Å². The second-order valence-corrected chi connectivity index (χ2v) is 12.4. The molecule has 0 spiro atoms. The number of carbonyl (C=O) groups excluding carboxylic acids is 2. The minimum atomic E-state index is -0.546. The number of aliphatic hydroxyl groups is 2. The highest BCUT2D eigenvalue weighted by molar-refractivity contribution is 5.76. The number of hydrogen-bond donors (Lipinski definition) is 4. The van der Waals surface area contributed by atoms with Crippen LogP contribution in [0.3, 0.4) is 0 Å². The summed E-state index contributed by atoms with van der Waals surface area (Å²) >= 11 is 0. The smallest absolute Gasteiger partial charge is 0.220 e. The standard InChI is InChI=1S/C37H47N3O6/c1-26(42)38-19-6-2-3-9-36(44)39-22-31-7-4-5-8-34(31)28-14-16-30(17-15-28)37-45-33(24-40-20-18-32(43)23-40)21-35(46-37)29-12-10-27(25-41)11-13-29/h4-5,7-8,10-17,32-33,35,37,41,43H,2-3,6,9,18-25H2,1H3,(H,38,42)(H,39,44)/t32-,33+,35-,37-/m0/s1. The van der Waals surface area contributed by atoms with Crippen molar-refractivity contribution in [3.8, 4) is 11.1 Å². The number of nitrogens with zero attached hydrogens (tertiary/aromatic N) is 1. The van der Waals surface area contributed by atoms with Gasteiger partial charge >= 0.3 is 0 Å². The number of hydrogen-bond acceptors (Lipinski definition) is 7. The van der Waals surface area contributed by atoms with Gasteiger partial charge in [0.1, 0.15) is 0 Å². The maximum Gasteiger partial charge on any atom is 0.220 e. The van der Waals surface area contributed by atoms with Crippen molar-refractivity contribution in [1.82, 2.24) is 15.5 Å². The molecule has 3 aromatic rings. The van der Waals surface area contributed by atoms with Crippen molar-refractivity contribution < 1.29 is 29.3 Å². The Balaban J connectivity index is 1.22. The third-order valence-corrected chi connectivity index (χ3v) is 8.77. The largest absolute Gasteiger partial charge is 0.392 e. The van der Waals surface area contributed by atoms with Crippen LogP contribution in [-0.2, 0) is 32.2 Å². The van der Waals surface area contributed by atoms with Crippen LogP contribution in [0.1, 0.15) is 80.1 Å². The van der Waals surface area contributed by atoms with Crippen LogP contribution in [0.5, 0.6) is 0 Å². The molecule has 0 aromatic heterocycles. The second-order valence-electron chi connectivity index (χ2n) is 12.4. The summed E-state index contributed by atoms with van der Waals surface area (Å²) < 4.78 is 13.0. The molecule has 0 bridgehead atoms. The molecule has 2 aliphatic rings. The van der Waals surface area contributed by atoms with Gasteiger partial charge in [-0.1, -0.05) is 79.2 Å². The molecule has 4 N–H and O–H groups in total. The summed E-state index contributed by atoms with van der Waals surface area (Å²) in [4.78, 5) is 25.7. The summed E-state index contributed by atoms with van der Waals surface area (Å²) in [5, 5.41) is 25.4. The Morgan fingerprint density at radius 2 is 1.67 bits per heavy atom. The predicted octanol–water partition coefficient (Wildman–Crippen LogP) is 4.77. The molecule has 2 saturated heterocycles. The van der Waals surface area contributed by atoms with E-state index in [1.807, 2.05) is 54.6 Å². The summed E-state index contributed by atoms with van der Waals surface area (Å²) in [5.41, 5.74) is 5.98. The normalized spacial score (nSPS) is 21.6. The third kappa shape index (κ3) is 9.70. The molecule has 4 atom stereocenters. The zero-order valence-corrected chi connectivity index (χ0v) is 26.7. The highest BCUT2D eigenvalue weighted by Crippen LogP contribution is 2.39. The molecular formula is C37H47N3O6. The SMILES string of the molecule is CC(=O)NCCCCCC(=O)NCc1ccccc1-c1ccc([C@H]2O[C@@H](CN3CC[C@H](O)C3)C[C@@H](c3ccc(CO)cc3)O2)cc1. The first-order valence-corrected chi connectivity index (χ1v) is 16.5. The van der Waals surface area contributed by atoms with Crippen LogP contribution in [0.25, 0.3) is 11.1 Å². The summed E-state index contributed by atoms with van der Waals surface area (Å²) in [5.74, 6) is -0.00417. The number of rotatable bonds is 14. The molecule has 3 aromatic carbocycles. The van der Waals surface area contributed by atoms with E-state index in [4.69, 9.17) is 9.47 Å². The second kappa shape index (κ2) is 16.8. The quantitative estimate of drug-likeness (QED) is 0.190. The fourth-order valence-corrected chi connectivity index (χ4v) is 6.21. The van der Waals surface area contributed by atoms with Gasteiger partial charge in [-0.3, -0.25) is 14.5 Å². The molecule has 0 saturated carbocycles. The van der Waals surface area contributed by atoms with Crippen LogP contribution in [-0.4, -0.2) is 65.3 Å². The Kier molecular flexibility index (Phi) is 12.3. The van der Waals surface area contributed by atoms with Crippen LogP contribution in [0, 0.1) is 0 Å². The lowest BCUT2D eigenvalue weighted by Gasteiger charge is -2.38. The zero-order valence-electron chi connectivity index (χ0n) is 26.7. The Morgan fingerprint density at radius 3 is 2.39 bits per heavy atom. The third-order valence-electron chi connectivity index (χ3n) is 8.77. The summed E-state index contributed by atoms with van der Waals surface area (Å²) in [7, 11) is 0. The lowest BCUT2D eigenvalue weighted by atomic mass is 9.97. The van der Waals surface area contributed by atoms with Gasteiger partial charge in [-0.05, 0) is 47.1 Å². The van der Waals surface area contributed by atoms with Gasteiger partial charge in [0.25, 0.3) is 0 Å². The van der Waals surface area contributed by atoms with Crippen molar-refractivity contribution in [3.05, 3.63) is 95.1 Å². The molecule has 9 nitrogen and oxygen atoms in total. The Morgan fingerprint density at radius 1 is 0.913 bits per heavy atom. The van der Waals surface area contributed by atoms with Crippen LogP contribution < -0.4 is 10.6 Å². The van der Waals surface area contributed by atoms with Crippen molar-refractivity contribution in [2.75, 3.05) is 26.2 Å². The van der Waals surface area contributed by atoms with E-state index in [2.05, 4.69) is 33.7 Å². The van der Waals surface area contributed by atoms with Crippen molar-refractivity contribution in [1.29, 1.82) is 0 Å². The fraction of sp³-hybridized carbons (Fsp3) is 0.459. The van der Waals surface area contributed by atoms with Gasteiger partial charge in [0.15, 0.2) is 6.29 Å². The number of β-amino-alcohol motifs (C(OH)–C–C–N with tert-alkyl or cyclic N) is 1. The number of aliphatic hydroxyl groups excluding tert-OH is 2. The van der Waals surface area contributed by atoms with Gasteiger partial charge in [-0.15, -0.1) is 0 Å². The lowest BCUT2D eigenvalue weighted by Crippen LogP contribution is -2.38. The Hall–Kier alpha value is -3.60. The summed E-state index contributed by atoms with van der Waals surface area (Å²) in [6.45, 7) is 4.85. The van der Waals surface area contributed by atoms with Crippen LogP contribution in [0.4, 0.5) is 0 Å². The molecule has 2 heterocycles. The monoisotopic (exact) mass is 629 g/mol. The van der Waals surface area contributed by atoms with E-state index in [0.717, 1.165) is 72.2 Å². The minimum absolute atomic E-state index is 0.00141. The van der Waals surface area contributed by atoms with E-state index in [1.54, 1.807) is 0 Å². The lowest BCUT2D eigenvalue weighted by molar-refractivity contribution is -0.252. The number of benzene rings is 3. The fourth-order valence-electron chi connectivity index (χ4n) is 6.21. The highest BCUT2D eigenvalue weighted by Gasteiger charge is 2.34. The van der Waals surface area contributed by atoms with Crippen molar-refractivity contribution in [3.63, 3.8) is 0 Å². The Bertz CT molecular complexity index is 1410. The zero-order chi connectivity index (χ0) is 32.3. The average molecular weight is 630 g/mol. The molecule has 0 radical (unpaired) electrons. The number of nitrogens with one attached hydrogen (secondary N) is 2. The summed E-state index contributed by atoms with van der Waals surface area (Å²) in [6, 6.07) is 24.2. The Labute approximate surface area is 271 Å². The van der Waals surface area contributed by atoms with E-state index in [0.29, 0.717) is 32.5 Å². The molecule has 46 heavy (non-hydrogen) atoms. The number of ether oxygens (including phenoxy) is 2. The number of unbranched alkanes of at least 4 members (excludes halogenated alkanes) is 2. The van der Waals surface area contributed by atoms with Gasteiger partial charge in [0.05, 0.1) is 24.9 Å². The molecular weight excluding hydrogens is 582 g/mol. The topological polar surface area (TPSA) is 120 Å². The van der Waals surface area contributed by atoms with Gasteiger partial charge < -0.3 is 30.3 Å². The van der Waals surface area contributed by atoms with Crippen LogP contribution >= 0.6 is 0 Å². The van der Waals surface area contributed by atoms with Crippen LogP contribution in [0.2, 0.25) is 0 Å². The number of carbonyl (C=O) groups is 2. The van der Waals surface area contributed by atoms with E-state index in [9.17, 15) is 19.8 Å². The molecule has 2 aliphatic heterocycles. The number of likely N-dealkylation sites (tertiary alicyclic amines) is 1. The average Bonchev–Trinajstić information content (AvgIpc) is 3.49. The number of amides is 2. The summed E-state index contributed by atoms with van der Waals surface area (Å²) in [6.07, 6.45) is 3.44. The van der Waals surface area contributed by atoms with Gasteiger partial charge in [0.2, 0.25) is 11.8 Å².